The van der Waals surface area contributed by atoms with Gasteiger partial charge in [0.15, 0.2) is 10.8 Å². The van der Waals surface area contributed by atoms with E-state index in [0.717, 1.165) is 28.0 Å². The smallest absolute Gasteiger partial charge is 0.543 e. The predicted octanol–water partition coefficient (Wildman–Crippen LogP) is 0.788. The van der Waals surface area contributed by atoms with E-state index in [1.807, 2.05) is 91.0 Å². The van der Waals surface area contributed by atoms with E-state index in [9.17, 15) is 14.7 Å². The molecule has 0 atom stereocenters. The molecule has 0 spiro atoms. The van der Waals surface area contributed by atoms with Crippen LogP contribution in [0.3, 0.4) is 0 Å². The van der Waals surface area contributed by atoms with Gasteiger partial charge in [-0.25, -0.2) is 9.78 Å². The molecule has 0 bridgehead atoms. The molecular weight excluding hydrogens is 489 g/mol. The first-order valence-electron chi connectivity index (χ1n) is 10.5. The summed E-state index contributed by atoms with van der Waals surface area (Å²) in [6.45, 7) is 0. The van der Waals surface area contributed by atoms with Gasteiger partial charge >= 0.3 is 35.7 Å². The number of nitrogens with one attached hydrogen (secondary N) is 1. The molecule has 0 unspecified atom stereocenters. The van der Waals surface area contributed by atoms with Crippen molar-refractivity contribution in [3.05, 3.63) is 119 Å². The van der Waals surface area contributed by atoms with Crippen molar-refractivity contribution < 1.29 is 53.8 Å². The van der Waals surface area contributed by atoms with Gasteiger partial charge in [0.25, 0.3) is 0 Å². The summed E-state index contributed by atoms with van der Waals surface area (Å²) in [6.07, 6.45) is -0.731. The normalized spacial score (nSPS) is 11.2. The molecule has 0 radical (unpaired) electrons. The number of thiazole rings is 1. The van der Waals surface area contributed by atoms with Crippen LogP contribution in [-0.4, -0.2) is 29.9 Å². The van der Waals surface area contributed by atoms with E-state index in [1.54, 1.807) is 0 Å². The molecule has 8 nitrogen and oxygen atoms in total. The Kier molecular flexibility index (Phi) is 9.38. The minimum Gasteiger partial charge on any atom is -0.543 e. The quantitative estimate of drug-likeness (QED) is 0.163. The zero-order chi connectivity index (χ0) is 24.7. The number of rotatable bonds is 8. The Labute approximate surface area is 233 Å². The van der Waals surface area contributed by atoms with Gasteiger partial charge in [0.2, 0.25) is 5.60 Å². The minimum absolute atomic E-state index is 0. The van der Waals surface area contributed by atoms with Gasteiger partial charge in [0, 0.05) is 22.1 Å². The summed E-state index contributed by atoms with van der Waals surface area (Å²) in [5.41, 5.74) is 0.407. The molecule has 0 fully saturated rings. The second kappa shape index (κ2) is 12.5. The number of carbonyl (C=O) groups excluding carboxylic acids is 2. The summed E-state index contributed by atoms with van der Waals surface area (Å²) in [4.78, 5) is 33.8. The van der Waals surface area contributed by atoms with Crippen molar-refractivity contribution in [3.63, 3.8) is 0 Å². The molecule has 0 aliphatic carbocycles. The number of nitrogens with zero attached hydrogens (tertiary/aromatic N) is 2. The number of carboxylic acid groups (broad SMARTS) is 1. The average molecular weight is 510 g/mol. The number of carboxylic acids is 1. The number of anilines is 1. The molecule has 36 heavy (non-hydrogen) atoms. The van der Waals surface area contributed by atoms with Crippen LogP contribution in [-0.2, 0) is 20.0 Å². The van der Waals surface area contributed by atoms with Crippen molar-refractivity contribution in [2.24, 2.45) is 5.16 Å². The number of hydrogen-bond acceptors (Lipinski definition) is 8. The second-order valence-corrected chi connectivity index (χ2v) is 8.11. The first-order chi connectivity index (χ1) is 17.0. The van der Waals surface area contributed by atoms with Crippen molar-refractivity contribution in [1.29, 1.82) is 0 Å². The summed E-state index contributed by atoms with van der Waals surface area (Å²) in [5.74, 6) is -1.58. The molecule has 0 aliphatic heterocycles. The van der Waals surface area contributed by atoms with Crippen molar-refractivity contribution >= 4 is 34.2 Å². The van der Waals surface area contributed by atoms with Crippen LogP contribution in [0.25, 0.3) is 0 Å². The topological polar surface area (TPSA) is 113 Å². The summed E-state index contributed by atoms with van der Waals surface area (Å²) >= 11 is 1.01. The zero-order valence-corrected chi connectivity index (χ0v) is 22.4. The first kappa shape index (κ1) is 27.1. The fraction of sp³-hybridized carbons (Fsp3) is 0.0769. The summed E-state index contributed by atoms with van der Waals surface area (Å²) in [5, 5.41) is 20.1. The monoisotopic (exact) mass is 509 g/mol. The maximum atomic E-state index is 12.0. The van der Waals surface area contributed by atoms with Crippen molar-refractivity contribution in [2.45, 2.75) is 5.60 Å². The zero-order valence-electron chi connectivity index (χ0n) is 19.6. The van der Waals surface area contributed by atoms with E-state index >= 15 is 0 Å². The Morgan fingerprint density at radius 2 is 1.36 bits per heavy atom. The van der Waals surface area contributed by atoms with Crippen LogP contribution < -0.4 is 40.0 Å². The van der Waals surface area contributed by atoms with Crippen molar-refractivity contribution in [1.82, 2.24) is 4.98 Å². The predicted molar refractivity (Wildman–Crippen MR) is 130 cm³/mol. The van der Waals surface area contributed by atoms with Crippen molar-refractivity contribution in [2.75, 3.05) is 12.4 Å². The second-order valence-electron chi connectivity index (χ2n) is 7.25. The number of ether oxygens (including phenoxy) is 1. The number of aliphatic carboxylic acids is 1. The third-order valence-electron chi connectivity index (χ3n) is 5.15. The Morgan fingerprint density at radius 3 is 1.78 bits per heavy atom. The van der Waals surface area contributed by atoms with Crippen LogP contribution in [0, 0.1) is 0 Å². The molecule has 0 saturated carbocycles. The van der Waals surface area contributed by atoms with Crippen LogP contribution >= 0.6 is 11.3 Å². The van der Waals surface area contributed by atoms with Crippen molar-refractivity contribution in [3.8, 4) is 0 Å². The van der Waals surface area contributed by atoms with E-state index in [2.05, 4.69) is 20.2 Å². The molecule has 1 amide bonds. The van der Waals surface area contributed by atoms with E-state index in [-0.39, 0.29) is 40.4 Å². The van der Waals surface area contributed by atoms with E-state index in [0.29, 0.717) is 0 Å². The van der Waals surface area contributed by atoms with Crippen LogP contribution in [0.5, 0.6) is 0 Å². The molecular formula is C26H20N3NaO5S. The fourth-order valence-corrected chi connectivity index (χ4v) is 4.24. The van der Waals surface area contributed by atoms with Crippen LogP contribution in [0.2, 0.25) is 0 Å². The molecule has 3 aromatic carbocycles. The molecule has 0 aliphatic rings. The van der Waals surface area contributed by atoms with Gasteiger partial charge in [-0.2, -0.15) is 0 Å². The van der Waals surface area contributed by atoms with Crippen LogP contribution in [0.1, 0.15) is 22.4 Å². The molecule has 0 saturated heterocycles. The number of methoxy groups -OCH3 is 1. The fourth-order valence-electron chi connectivity index (χ4n) is 3.56. The number of benzene rings is 3. The van der Waals surface area contributed by atoms with Gasteiger partial charge < -0.3 is 19.5 Å². The number of amides is 1. The van der Waals surface area contributed by atoms with E-state index < -0.39 is 23.4 Å². The van der Waals surface area contributed by atoms with Crippen LogP contribution in [0.15, 0.2) is 102 Å². The molecule has 1 aromatic heterocycles. The molecule has 4 rings (SSSR count). The molecule has 1 N–H and O–H groups in total. The van der Waals surface area contributed by atoms with E-state index in [4.69, 9.17) is 4.84 Å². The maximum Gasteiger partial charge on any atom is 1.00 e. The number of carbonyl (C=O) groups is 2. The van der Waals surface area contributed by atoms with Gasteiger partial charge in [-0.1, -0.05) is 96.2 Å². The summed E-state index contributed by atoms with van der Waals surface area (Å²) < 4.78 is 4.54. The summed E-state index contributed by atoms with van der Waals surface area (Å²) in [6, 6.07) is 28.2. The Morgan fingerprint density at radius 1 is 0.889 bits per heavy atom. The van der Waals surface area contributed by atoms with Crippen LogP contribution in [0.4, 0.5) is 9.93 Å². The minimum atomic E-state index is -1.58. The third kappa shape index (κ3) is 5.83. The summed E-state index contributed by atoms with van der Waals surface area (Å²) in [7, 11) is 1.21. The third-order valence-corrected chi connectivity index (χ3v) is 5.91. The number of oxime groups is 1. The van der Waals surface area contributed by atoms with Gasteiger partial charge in [0.05, 0.1) is 13.1 Å². The molecule has 1 heterocycles. The number of hydrogen-bond donors (Lipinski definition) is 1. The average Bonchev–Trinajstić information content (AvgIpc) is 3.35. The SMILES string of the molecule is COC(=O)Nc1nc(C(=NOC(c2ccccc2)(c2ccccc2)c2ccccc2)C(=O)[O-])cs1.[Na+]. The Balaban J connectivity index is 0.00000361. The Bertz CT molecular complexity index is 1230. The largest absolute Gasteiger partial charge is 1.00 e. The first-order valence-corrected chi connectivity index (χ1v) is 11.4. The van der Waals surface area contributed by atoms with Gasteiger partial charge in [0.1, 0.15) is 5.69 Å². The number of aromatic nitrogens is 1. The van der Waals surface area contributed by atoms with E-state index in [1.165, 1.54) is 12.5 Å². The van der Waals surface area contributed by atoms with Gasteiger partial charge in [-0.05, 0) is 0 Å². The molecule has 4 aromatic rings. The molecule has 176 valence electrons. The Hall–Kier alpha value is -3.50. The van der Waals surface area contributed by atoms with Gasteiger partial charge in [-0.15, -0.1) is 11.3 Å². The standard InChI is InChI=1S/C26H21N3O5S.Na/c1-33-25(32)28-24-27-21(17-35-24)22(23(30)31)29-34-26(18-11-5-2-6-12-18,19-13-7-3-8-14-19)20-15-9-4-10-16-20;/h2-17H,1H3,(H,30,31)(H,27,28,32);/q;+1/p-1. The maximum absolute atomic E-state index is 12.0. The molecule has 10 heteroatoms. The van der Waals surface area contributed by atoms with Gasteiger partial charge in [-0.3, -0.25) is 5.32 Å².